The van der Waals surface area contributed by atoms with Crippen LogP contribution in [0.25, 0.3) is 0 Å². The number of amides is 2. The van der Waals surface area contributed by atoms with Gasteiger partial charge in [-0.2, -0.15) is 0 Å². The summed E-state index contributed by atoms with van der Waals surface area (Å²) in [7, 11) is -3.99. The summed E-state index contributed by atoms with van der Waals surface area (Å²) in [4.78, 5) is 11.2. The van der Waals surface area contributed by atoms with Gasteiger partial charge in [-0.3, -0.25) is 0 Å². The Morgan fingerprint density at radius 2 is 2.11 bits per heavy atom. The minimum absolute atomic E-state index is 0.0126. The van der Waals surface area contributed by atoms with Crippen molar-refractivity contribution in [3.8, 4) is 0 Å². The monoisotopic (exact) mass is 305 g/mol. The molecule has 19 heavy (non-hydrogen) atoms. The minimum atomic E-state index is -3.99. The summed E-state index contributed by atoms with van der Waals surface area (Å²) >= 11 is 5.68. The fourth-order valence-electron chi connectivity index (χ4n) is 1.36. The number of urea groups is 1. The van der Waals surface area contributed by atoms with Crippen LogP contribution in [0.4, 0.5) is 10.5 Å². The van der Waals surface area contributed by atoms with E-state index in [0.29, 0.717) is 11.6 Å². The van der Waals surface area contributed by atoms with Crippen LogP contribution in [-0.2, 0) is 10.0 Å². The Kier molecular flexibility index (Phi) is 5.44. The first-order valence-corrected chi connectivity index (χ1v) is 7.58. The lowest BCUT2D eigenvalue weighted by molar-refractivity contribution is 0.245. The molecule has 0 radical (unpaired) electrons. The van der Waals surface area contributed by atoms with Gasteiger partial charge in [0, 0.05) is 11.6 Å². The third kappa shape index (κ3) is 4.60. The van der Waals surface area contributed by atoms with Gasteiger partial charge >= 0.3 is 6.03 Å². The average molecular weight is 306 g/mol. The Labute approximate surface area is 117 Å². The van der Waals surface area contributed by atoms with Crippen molar-refractivity contribution in [2.75, 3.05) is 12.3 Å². The van der Waals surface area contributed by atoms with Crippen molar-refractivity contribution in [3.05, 3.63) is 23.2 Å². The van der Waals surface area contributed by atoms with Crippen LogP contribution in [0.5, 0.6) is 0 Å². The first-order chi connectivity index (χ1) is 8.86. The first-order valence-electron chi connectivity index (χ1n) is 5.72. The molecule has 106 valence electrons. The largest absolute Gasteiger partial charge is 0.398 e. The molecular weight excluding hydrogens is 290 g/mol. The summed E-state index contributed by atoms with van der Waals surface area (Å²) in [6.07, 6.45) is 1.67. The van der Waals surface area contributed by atoms with E-state index in [4.69, 9.17) is 17.3 Å². The van der Waals surface area contributed by atoms with Crippen LogP contribution < -0.4 is 15.8 Å². The predicted octanol–water partition coefficient (Wildman–Crippen LogP) is 1.71. The van der Waals surface area contributed by atoms with Gasteiger partial charge < -0.3 is 11.1 Å². The molecule has 0 atom stereocenters. The van der Waals surface area contributed by atoms with E-state index < -0.39 is 16.1 Å². The third-order valence-corrected chi connectivity index (χ3v) is 3.94. The van der Waals surface area contributed by atoms with E-state index in [9.17, 15) is 13.2 Å². The van der Waals surface area contributed by atoms with Gasteiger partial charge in [-0.15, -0.1) is 0 Å². The minimum Gasteiger partial charge on any atom is -0.398 e. The summed E-state index contributed by atoms with van der Waals surface area (Å²) in [5, 5.41) is 2.77. The fourth-order valence-corrected chi connectivity index (χ4v) is 2.58. The lowest BCUT2D eigenvalue weighted by atomic mass is 10.3. The van der Waals surface area contributed by atoms with Crippen LogP contribution in [0.2, 0.25) is 5.02 Å². The maximum Gasteiger partial charge on any atom is 0.328 e. The number of carbonyl (C=O) groups excluding carboxylic acids is 1. The van der Waals surface area contributed by atoms with Crippen LogP contribution in [0.1, 0.15) is 19.8 Å². The molecule has 0 heterocycles. The van der Waals surface area contributed by atoms with Crippen LogP contribution in [-0.4, -0.2) is 21.0 Å². The van der Waals surface area contributed by atoms with Gasteiger partial charge in [-0.1, -0.05) is 24.9 Å². The lowest BCUT2D eigenvalue weighted by Crippen LogP contribution is -2.39. The fraction of sp³-hybridized carbons (Fsp3) is 0.364. The number of anilines is 1. The molecule has 0 saturated heterocycles. The number of benzene rings is 1. The van der Waals surface area contributed by atoms with Crippen LogP contribution in [0, 0.1) is 0 Å². The van der Waals surface area contributed by atoms with Crippen molar-refractivity contribution in [1.82, 2.24) is 10.0 Å². The molecule has 0 aromatic heterocycles. The zero-order valence-corrected chi connectivity index (χ0v) is 12.0. The summed E-state index contributed by atoms with van der Waals surface area (Å²) < 4.78 is 25.7. The van der Waals surface area contributed by atoms with Crippen LogP contribution in [0.15, 0.2) is 23.1 Å². The van der Waals surface area contributed by atoms with Gasteiger partial charge in [0.05, 0.1) is 5.69 Å². The number of rotatable bonds is 5. The van der Waals surface area contributed by atoms with Crippen LogP contribution in [0.3, 0.4) is 0 Å². The maximum absolute atomic E-state index is 11.9. The number of hydrogen-bond acceptors (Lipinski definition) is 4. The molecule has 0 aliphatic rings. The number of carbonyl (C=O) groups is 1. The summed E-state index contributed by atoms with van der Waals surface area (Å²) in [6.45, 7) is 2.37. The number of nitrogen functional groups attached to an aromatic ring is 1. The first kappa shape index (κ1) is 15.6. The number of nitrogens with two attached hydrogens (primary N) is 1. The number of hydrogen-bond donors (Lipinski definition) is 3. The SMILES string of the molecule is CCCCNC(=O)NS(=O)(=O)c1ccc(Cl)cc1N. The topological polar surface area (TPSA) is 101 Å². The summed E-state index contributed by atoms with van der Waals surface area (Å²) in [6, 6.07) is 3.18. The van der Waals surface area contributed by atoms with E-state index in [1.807, 2.05) is 11.6 Å². The van der Waals surface area contributed by atoms with Gasteiger partial charge in [0.1, 0.15) is 4.90 Å². The molecule has 1 rings (SSSR count). The van der Waals surface area contributed by atoms with E-state index in [0.717, 1.165) is 12.8 Å². The van der Waals surface area contributed by atoms with Gasteiger partial charge in [-0.25, -0.2) is 17.9 Å². The van der Waals surface area contributed by atoms with E-state index in [-0.39, 0.29) is 10.6 Å². The maximum atomic E-state index is 11.9. The van der Waals surface area contributed by atoms with Crippen molar-refractivity contribution in [3.63, 3.8) is 0 Å². The van der Waals surface area contributed by atoms with Crippen molar-refractivity contribution in [2.45, 2.75) is 24.7 Å². The Balaban J connectivity index is 2.78. The van der Waals surface area contributed by atoms with Gasteiger partial charge in [0.15, 0.2) is 0 Å². The zero-order valence-electron chi connectivity index (χ0n) is 10.4. The molecule has 1 aromatic rings. The average Bonchev–Trinajstić information content (AvgIpc) is 2.27. The van der Waals surface area contributed by atoms with Crippen molar-refractivity contribution in [1.29, 1.82) is 0 Å². The Morgan fingerprint density at radius 3 is 2.68 bits per heavy atom. The molecule has 0 unspecified atom stereocenters. The second kappa shape index (κ2) is 6.63. The highest BCUT2D eigenvalue weighted by Gasteiger charge is 2.20. The highest BCUT2D eigenvalue weighted by atomic mass is 35.5. The molecule has 0 bridgehead atoms. The molecule has 0 fully saturated rings. The summed E-state index contributed by atoms with van der Waals surface area (Å²) in [5.74, 6) is 0. The molecule has 0 spiro atoms. The number of halogens is 1. The van der Waals surface area contributed by atoms with Crippen molar-refractivity contribution >= 4 is 33.3 Å². The highest BCUT2D eigenvalue weighted by molar-refractivity contribution is 7.90. The third-order valence-electron chi connectivity index (χ3n) is 2.30. The predicted molar refractivity (Wildman–Crippen MR) is 74.5 cm³/mol. The molecule has 2 amide bonds. The van der Waals surface area contributed by atoms with Gasteiger partial charge in [-0.05, 0) is 24.6 Å². The molecule has 8 heteroatoms. The quantitative estimate of drug-likeness (QED) is 0.569. The molecule has 4 N–H and O–H groups in total. The highest BCUT2D eigenvalue weighted by Crippen LogP contribution is 2.22. The molecule has 0 aliphatic heterocycles. The van der Waals surface area contributed by atoms with E-state index >= 15 is 0 Å². The number of nitrogens with one attached hydrogen (secondary N) is 2. The number of sulfonamides is 1. The number of unbranched alkanes of at least 4 members (excludes halogenated alkanes) is 1. The Bertz CT molecular complexity index is 560. The van der Waals surface area contributed by atoms with Crippen molar-refractivity contribution in [2.24, 2.45) is 0 Å². The summed E-state index contributed by atoms with van der Waals surface area (Å²) in [5.41, 5.74) is 5.56. The van der Waals surface area contributed by atoms with Crippen LogP contribution >= 0.6 is 11.6 Å². The normalized spacial score (nSPS) is 11.1. The van der Waals surface area contributed by atoms with Gasteiger partial charge in [0.25, 0.3) is 10.0 Å². The smallest absolute Gasteiger partial charge is 0.328 e. The molecule has 1 aromatic carbocycles. The van der Waals surface area contributed by atoms with E-state index in [2.05, 4.69) is 5.32 Å². The molecule has 0 saturated carbocycles. The van der Waals surface area contributed by atoms with E-state index in [1.54, 1.807) is 0 Å². The second-order valence-electron chi connectivity index (χ2n) is 3.90. The Hall–Kier alpha value is -1.47. The molecule has 6 nitrogen and oxygen atoms in total. The second-order valence-corrected chi connectivity index (χ2v) is 5.98. The van der Waals surface area contributed by atoms with Gasteiger partial charge in [0.2, 0.25) is 0 Å². The molecular formula is C11H16ClN3O3S. The Morgan fingerprint density at radius 1 is 1.42 bits per heavy atom. The standard InChI is InChI=1S/C11H16ClN3O3S/c1-2-3-6-14-11(16)15-19(17,18)10-5-4-8(12)7-9(10)13/h4-5,7H,2-3,6,13H2,1H3,(H2,14,15,16). The zero-order chi connectivity index (χ0) is 14.5. The van der Waals surface area contributed by atoms with E-state index in [1.165, 1.54) is 18.2 Å². The lowest BCUT2D eigenvalue weighted by Gasteiger charge is -2.10. The van der Waals surface area contributed by atoms with Crippen molar-refractivity contribution < 1.29 is 13.2 Å². The molecule has 0 aliphatic carbocycles.